The Labute approximate surface area is 128 Å². The highest BCUT2D eigenvalue weighted by Gasteiger charge is 2.16. The minimum Gasteiger partial charge on any atom is -0.493 e. The maximum atomic E-state index is 5.90. The fraction of sp³-hybridized carbons (Fsp3) is 0.250. The van der Waals surface area contributed by atoms with Gasteiger partial charge in [-0.2, -0.15) is 5.10 Å². The monoisotopic (exact) mass is 298 g/mol. The maximum Gasteiger partial charge on any atom is 0.170 e. The fourth-order valence-electron chi connectivity index (χ4n) is 2.30. The minimum atomic E-state index is 0.536. The van der Waals surface area contributed by atoms with Crippen LogP contribution in [0.25, 0.3) is 16.9 Å². The lowest BCUT2D eigenvalue weighted by molar-refractivity contribution is 0.292. The van der Waals surface area contributed by atoms with Crippen LogP contribution >= 0.6 is 0 Å². The van der Waals surface area contributed by atoms with Crippen molar-refractivity contribution >= 4 is 5.65 Å². The van der Waals surface area contributed by atoms with E-state index in [9.17, 15) is 0 Å². The third-order valence-corrected chi connectivity index (χ3v) is 3.35. The van der Waals surface area contributed by atoms with Crippen molar-refractivity contribution in [3.8, 4) is 22.8 Å². The highest BCUT2D eigenvalue weighted by atomic mass is 16.5. The van der Waals surface area contributed by atoms with E-state index < -0.39 is 0 Å². The third kappa shape index (κ3) is 2.60. The number of nitrogens with two attached hydrogens (primary N) is 1. The van der Waals surface area contributed by atoms with Crippen molar-refractivity contribution in [3.63, 3.8) is 0 Å². The van der Waals surface area contributed by atoms with E-state index in [1.807, 2.05) is 30.3 Å². The highest BCUT2D eigenvalue weighted by Crippen LogP contribution is 2.38. The number of fused-ring (bicyclic) bond motifs is 1. The number of hydrogen-bond acceptors (Lipinski definition) is 5. The number of aromatic nitrogens is 3. The van der Waals surface area contributed by atoms with E-state index >= 15 is 0 Å². The lowest BCUT2D eigenvalue weighted by Crippen LogP contribution is -2.07. The Kier molecular flexibility index (Phi) is 4.20. The average Bonchev–Trinajstić information content (AvgIpc) is 2.99. The van der Waals surface area contributed by atoms with Crippen LogP contribution in [-0.2, 0) is 0 Å². The zero-order chi connectivity index (χ0) is 15.4. The van der Waals surface area contributed by atoms with E-state index in [0.717, 1.165) is 23.3 Å². The van der Waals surface area contributed by atoms with Gasteiger partial charge in [0, 0.05) is 11.8 Å². The van der Waals surface area contributed by atoms with Crippen LogP contribution in [0.5, 0.6) is 11.5 Å². The third-order valence-electron chi connectivity index (χ3n) is 3.35. The smallest absolute Gasteiger partial charge is 0.170 e. The number of benzene rings is 1. The molecule has 0 amide bonds. The van der Waals surface area contributed by atoms with Crippen molar-refractivity contribution in [2.75, 3.05) is 20.3 Å². The molecule has 0 spiro atoms. The molecule has 114 valence electrons. The Bertz CT molecular complexity index is 770. The zero-order valence-electron chi connectivity index (χ0n) is 12.4. The molecule has 0 saturated carbocycles. The standard InChI is InChI=1S/C16H18N4O2/c1-21-14-6-2-5-12(16(14)22-10-4-8-17)13-11-18-15-7-3-9-19-20(13)15/h2-3,5-7,9,11H,4,8,10,17H2,1H3. The van der Waals surface area contributed by atoms with Crippen LogP contribution in [0, 0.1) is 0 Å². The predicted octanol–water partition coefficient (Wildman–Crippen LogP) is 2.13. The Morgan fingerprint density at radius 3 is 2.95 bits per heavy atom. The number of nitrogens with zero attached hydrogens (tertiary/aromatic N) is 3. The SMILES string of the molecule is COc1cccc(-c2cnc3cccnn23)c1OCCCN. The summed E-state index contributed by atoms with van der Waals surface area (Å²) < 4.78 is 13.1. The first-order valence-electron chi connectivity index (χ1n) is 7.14. The molecular weight excluding hydrogens is 280 g/mol. The van der Waals surface area contributed by atoms with Gasteiger partial charge in [0.1, 0.15) is 0 Å². The van der Waals surface area contributed by atoms with Gasteiger partial charge in [0.15, 0.2) is 17.1 Å². The topological polar surface area (TPSA) is 74.7 Å². The van der Waals surface area contributed by atoms with Crippen molar-refractivity contribution < 1.29 is 9.47 Å². The number of methoxy groups -OCH3 is 1. The molecule has 0 aliphatic heterocycles. The fourth-order valence-corrected chi connectivity index (χ4v) is 2.30. The Hall–Kier alpha value is -2.60. The van der Waals surface area contributed by atoms with Crippen molar-refractivity contribution in [2.24, 2.45) is 5.73 Å². The molecule has 0 bridgehead atoms. The van der Waals surface area contributed by atoms with Gasteiger partial charge in [0.2, 0.25) is 0 Å². The van der Waals surface area contributed by atoms with Gasteiger partial charge in [-0.1, -0.05) is 6.07 Å². The molecule has 0 atom stereocenters. The van der Waals surface area contributed by atoms with Crippen LogP contribution < -0.4 is 15.2 Å². The summed E-state index contributed by atoms with van der Waals surface area (Å²) in [6.07, 6.45) is 4.29. The number of para-hydroxylation sites is 1. The number of ether oxygens (including phenoxy) is 2. The molecule has 2 N–H and O–H groups in total. The second-order valence-corrected chi connectivity index (χ2v) is 4.76. The normalized spacial score (nSPS) is 10.8. The van der Waals surface area contributed by atoms with Gasteiger partial charge in [-0.15, -0.1) is 0 Å². The molecular formula is C16H18N4O2. The molecule has 3 aromatic rings. The van der Waals surface area contributed by atoms with Crippen LogP contribution in [0.3, 0.4) is 0 Å². The Morgan fingerprint density at radius 1 is 1.23 bits per heavy atom. The van der Waals surface area contributed by atoms with E-state index in [1.54, 1.807) is 24.0 Å². The second kappa shape index (κ2) is 6.44. The summed E-state index contributed by atoms with van der Waals surface area (Å²) in [4.78, 5) is 4.37. The van der Waals surface area contributed by atoms with E-state index in [1.165, 1.54) is 0 Å². The van der Waals surface area contributed by atoms with Gasteiger partial charge >= 0.3 is 0 Å². The minimum absolute atomic E-state index is 0.536. The van der Waals surface area contributed by atoms with Crippen LogP contribution in [0.4, 0.5) is 0 Å². The molecule has 22 heavy (non-hydrogen) atoms. The van der Waals surface area contributed by atoms with Crippen LogP contribution in [0.15, 0.2) is 42.7 Å². The van der Waals surface area contributed by atoms with Crippen molar-refractivity contribution in [2.45, 2.75) is 6.42 Å². The summed E-state index contributed by atoms with van der Waals surface area (Å²) in [5, 5.41) is 4.35. The first-order valence-corrected chi connectivity index (χ1v) is 7.14. The summed E-state index contributed by atoms with van der Waals surface area (Å²) in [5.74, 6) is 1.37. The summed E-state index contributed by atoms with van der Waals surface area (Å²) >= 11 is 0. The summed E-state index contributed by atoms with van der Waals surface area (Å²) in [6.45, 7) is 1.12. The first-order chi connectivity index (χ1) is 10.8. The largest absolute Gasteiger partial charge is 0.493 e. The van der Waals surface area contributed by atoms with Gasteiger partial charge in [-0.3, -0.25) is 0 Å². The van der Waals surface area contributed by atoms with Crippen molar-refractivity contribution in [3.05, 3.63) is 42.7 Å². The van der Waals surface area contributed by atoms with Crippen LogP contribution in [0.2, 0.25) is 0 Å². The summed E-state index contributed by atoms with van der Waals surface area (Å²) in [7, 11) is 1.63. The quantitative estimate of drug-likeness (QED) is 0.706. The lowest BCUT2D eigenvalue weighted by Gasteiger charge is -2.14. The molecule has 1 aromatic carbocycles. The molecule has 6 heteroatoms. The van der Waals surface area contributed by atoms with Gasteiger partial charge in [-0.05, 0) is 37.2 Å². The van der Waals surface area contributed by atoms with Crippen molar-refractivity contribution in [1.29, 1.82) is 0 Å². The van der Waals surface area contributed by atoms with Gasteiger partial charge in [0.25, 0.3) is 0 Å². The Balaban J connectivity index is 2.09. The van der Waals surface area contributed by atoms with Gasteiger partial charge in [-0.25, -0.2) is 9.50 Å². The van der Waals surface area contributed by atoms with E-state index in [-0.39, 0.29) is 0 Å². The molecule has 0 unspecified atom stereocenters. The maximum absolute atomic E-state index is 5.90. The Morgan fingerprint density at radius 2 is 2.14 bits per heavy atom. The molecule has 2 heterocycles. The molecule has 0 aliphatic carbocycles. The molecule has 3 rings (SSSR count). The van der Waals surface area contributed by atoms with E-state index in [2.05, 4.69) is 10.1 Å². The zero-order valence-corrected chi connectivity index (χ0v) is 12.4. The van der Waals surface area contributed by atoms with Gasteiger partial charge in [0.05, 0.1) is 25.6 Å². The summed E-state index contributed by atoms with van der Waals surface area (Å²) in [6, 6.07) is 9.53. The van der Waals surface area contributed by atoms with Crippen LogP contribution in [-0.4, -0.2) is 34.9 Å². The molecule has 0 fully saturated rings. The molecule has 0 aliphatic rings. The molecule has 2 aromatic heterocycles. The molecule has 0 radical (unpaired) electrons. The number of imidazole rings is 1. The number of rotatable bonds is 6. The summed E-state index contributed by atoms with van der Waals surface area (Å²) in [5.41, 5.74) is 8.07. The van der Waals surface area contributed by atoms with Gasteiger partial charge < -0.3 is 15.2 Å². The molecule has 6 nitrogen and oxygen atoms in total. The predicted molar refractivity (Wildman–Crippen MR) is 84.1 cm³/mol. The second-order valence-electron chi connectivity index (χ2n) is 4.76. The van der Waals surface area contributed by atoms with E-state index in [4.69, 9.17) is 15.2 Å². The van der Waals surface area contributed by atoms with E-state index in [0.29, 0.717) is 24.7 Å². The highest BCUT2D eigenvalue weighted by molar-refractivity contribution is 5.72. The first kappa shape index (κ1) is 14.3. The lowest BCUT2D eigenvalue weighted by atomic mass is 10.1. The van der Waals surface area contributed by atoms with Crippen LogP contribution in [0.1, 0.15) is 6.42 Å². The number of hydrogen-bond donors (Lipinski definition) is 1. The average molecular weight is 298 g/mol. The van der Waals surface area contributed by atoms with Crippen molar-refractivity contribution in [1.82, 2.24) is 14.6 Å². The molecule has 0 saturated heterocycles.